The molecule has 1 atom stereocenters. The molecule has 2 rings (SSSR count). The first kappa shape index (κ1) is 14.0. The summed E-state index contributed by atoms with van der Waals surface area (Å²) in [4.78, 5) is 0. The van der Waals surface area contributed by atoms with E-state index in [2.05, 4.69) is 38.5 Å². The molecule has 1 unspecified atom stereocenters. The van der Waals surface area contributed by atoms with Crippen molar-refractivity contribution in [3.8, 4) is 0 Å². The first-order chi connectivity index (χ1) is 8.58. The molecule has 94 valence electrons. The molecule has 0 aliphatic rings. The number of nitrogens with two attached hydrogens (primary N) is 1. The Morgan fingerprint density at radius 1 is 1.22 bits per heavy atom. The molecular formula is C14H12BrFIN. The van der Waals surface area contributed by atoms with Crippen LogP contribution in [0.2, 0.25) is 0 Å². The molecular weight excluding hydrogens is 408 g/mol. The van der Waals surface area contributed by atoms with Gasteiger partial charge in [0, 0.05) is 9.61 Å². The van der Waals surface area contributed by atoms with E-state index in [1.807, 2.05) is 24.3 Å². The highest BCUT2D eigenvalue weighted by Crippen LogP contribution is 2.23. The highest BCUT2D eigenvalue weighted by molar-refractivity contribution is 14.1. The standard InChI is InChI=1S/C14H12BrFIN/c15-11-7-9(5-6-12(11)16)8-14(18)10-3-1-2-4-13(10)17/h1-7,14H,8,18H2. The first-order valence-electron chi connectivity index (χ1n) is 5.52. The Bertz CT molecular complexity index is 559. The predicted molar refractivity (Wildman–Crippen MR) is 83.9 cm³/mol. The number of benzene rings is 2. The summed E-state index contributed by atoms with van der Waals surface area (Å²) >= 11 is 5.47. The van der Waals surface area contributed by atoms with Crippen LogP contribution in [0.3, 0.4) is 0 Å². The van der Waals surface area contributed by atoms with Crippen LogP contribution in [0.4, 0.5) is 4.39 Å². The van der Waals surface area contributed by atoms with Gasteiger partial charge >= 0.3 is 0 Å². The quantitative estimate of drug-likeness (QED) is 0.731. The summed E-state index contributed by atoms with van der Waals surface area (Å²) in [6.07, 6.45) is 0.693. The summed E-state index contributed by atoms with van der Waals surface area (Å²) < 4.78 is 14.8. The van der Waals surface area contributed by atoms with Gasteiger partial charge in [0.1, 0.15) is 5.82 Å². The van der Waals surface area contributed by atoms with Crippen LogP contribution in [0.5, 0.6) is 0 Å². The molecule has 0 radical (unpaired) electrons. The van der Waals surface area contributed by atoms with Gasteiger partial charge in [0.05, 0.1) is 4.47 Å². The van der Waals surface area contributed by atoms with E-state index in [4.69, 9.17) is 5.73 Å². The van der Waals surface area contributed by atoms with E-state index in [1.54, 1.807) is 12.1 Å². The van der Waals surface area contributed by atoms with E-state index in [1.165, 1.54) is 6.07 Å². The molecule has 0 saturated carbocycles. The van der Waals surface area contributed by atoms with Crippen LogP contribution in [-0.2, 0) is 6.42 Å². The molecule has 0 bridgehead atoms. The third kappa shape index (κ3) is 3.30. The molecule has 2 N–H and O–H groups in total. The lowest BCUT2D eigenvalue weighted by atomic mass is 10.00. The maximum absolute atomic E-state index is 13.1. The fourth-order valence-electron chi connectivity index (χ4n) is 1.81. The zero-order chi connectivity index (χ0) is 13.1. The smallest absolute Gasteiger partial charge is 0.137 e. The largest absolute Gasteiger partial charge is 0.324 e. The van der Waals surface area contributed by atoms with Gasteiger partial charge in [-0.2, -0.15) is 0 Å². The fourth-order valence-corrected chi connectivity index (χ4v) is 3.02. The molecule has 2 aromatic rings. The second-order valence-electron chi connectivity index (χ2n) is 4.08. The topological polar surface area (TPSA) is 26.0 Å². The Hall–Kier alpha value is -0.460. The summed E-state index contributed by atoms with van der Waals surface area (Å²) in [7, 11) is 0. The Balaban J connectivity index is 2.19. The van der Waals surface area contributed by atoms with Crippen LogP contribution < -0.4 is 5.73 Å². The van der Waals surface area contributed by atoms with Crippen LogP contribution in [0.1, 0.15) is 17.2 Å². The molecule has 0 aromatic heterocycles. The third-order valence-electron chi connectivity index (χ3n) is 2.74. The molecule has 0 heterocycles. The van der Waals surface area contributed by atoms with E-state index >= 15 is 0 Å². The number of hydrogen-bond donors (Lipinski definition) is 1. The Morgan fingerprint density at radius 3 is 2.61 bits per heavy atom. The van der Waals surface area contributed by atoms with Crippen molar-refractivity contribution < 1.29 is 4.39 Å². The van der Waals surface area contributed by atoms with Crippen molar-refractivity contribution in [1.29, 1.82) is 0 Å². The predicted octanol–water partition coefficient (Wildman–Crippen LogP) is 4.44. The normalized spacial score (nSPS) is 12.4. The Morgan fingerprint density at radius 2 is 1.94 bits per heavy atom. The van der Waals surface area contributed by atoms with E-state index in [0.717, 1.165) is 14.7 Å². The third-order valence-corrected chi connectivity index (χ3v) is 4.33. The molecule has 0 amide bonds. The average Bonchev–Trinajstić information content (AvgIpc) is 2.34. The maximum Gasteiger partial charge on any atom is 0.137 e. The molecule has 4 heteroatoms. The Labute approximate surface area is 128 Å². The van der Waals surface area contributed by atoms with Gasteiger partial charge in [-0.1, -0.05) is 24.3 Å². The van der Waals surface area contributed by atoms with Crippen molar-refractivity contribution in [2.45, 2.75) is 12.5 Å². The van der Waals surface area contributed by atoms with Crippen molar-refractivity contribution in [3.05, 3.63) is 67.5 Å². The molecule has 0 aliphatic heterocycles. The molecule has 1 nitrogen and oxygen atoms in total. The highest BCUT2D eigenvalue weighted by Gasteiger charge is 2.11. The SMILES string of the molecule is NC(Cc1ccc(F)c(Br)c1)c1ccccc1I. The number of rotatable bonds is 3. The van der Waals surface area contributed by atoms with Crippen LogP contribution >= 0.6 is 38.5 Å². The molecule has 0 aliphatic carbocycles. The van der Waals surface area contributed by atoms with Gasteiger partial charge in [-0.05, 0) is 74.3 Å². The van der Waals surface area contributed by atoms with Gasteiger partial charge in [-0.3, -0.25) is 0 Å². The minimum Gasteiger partial charge on any atom is -0.324 e. The van der Waals surface area contributed by atoms with Gasteiger partial charge in [0.2, 0.25) is 0 Å². The second kappa shape index (κ2) is 6.12. The lowest BCUT2D eigenvalue weighted by Gasteiger charge is -2.14. The number of hydrogen-bond acceptors (Lipinski definition) is 1. The monoisotopic (exact) mass is 419 g/mol. The minimum atomic E-state index is -0.249. The van der Waals surface area contributed by atoms with Gasteiger partial charge in [-0.15, -0.1) is 0 Å². The lowest BCUT2D eigenvalue weighted by Crippen LogP contribution is -2.14. The highest BCUT2D eigenvalue weighted by atomic mass is 127. The summed E-state index contributed by atoms with van der Waals surface area (Å²) in [5, 5.41) is 0. The summed E-state index contributed by atoms with van der Waals surface area (Å²) in [6, 6.07) is 13.0. The summed E-state index contributed by atoms with van der Waals surface area (Å²) in [5.74, 6) is -0.249. The molecule has 0 fully saturated rings. The van der Waals surface area contributed by atoms with E-state index in [-0.39, 0.29) is 11.9 Å². The zero-order valence-corrected chi connectivity index (χ0v) is 13.3. The van der Waals surface area contributed by atoms with Crippen molar-refractivity contribution in [2.75, 3.05) is 0 Å². The van der Waals surface area contributed by atoms with Crippen LogP contribution in [0.25, 0.3) is 0 Å². The maximum atomic E-state index is 13.1. The lowest BCUT2D eigenvalue weighted by molar-refractivity contribution is 0.618. The van der Waals surface area contributed by atoms with Gasteiger partial charge in [0.15, 0.2) is 0 Å². The van der Waals surface area contributed by atoms with E-state index < -0.39 is 0 Å². The average molecular weight is 420 g/mol. The molecule has 18 heavy (non-hydrogen) atoms. The summed E-state index contributed by atoms with van der Waals surface area (Å²) in [5.41, 5.74) is 8.35. The van der Waals surface area contributed by atoms with Crippen LogP contribution in [0, 0.1) is 9.39 Å². The second-order valence-corrected chi connectivity index (χ2v) is 6.10. The van der Waals surface area contributed by atoms with Crippen molar-refractivity contribution in [3.63, 3.8) is 0 Å². The van der Waals surface area contributed by atoms with E-state index in [0.29, 0.717) is 10.9 Å². The van der Waals surface area contributed by atoms with Crippen LogP contribution in [-0.4, -0.2) is 0 Å². The van der Waals surface area contributed by atoms with Crippen molar-refractivity contribution >= 4 is 38.5 Å². The van der Waals surface area contributed by atoms with Gasteiger partial charge in [-0.25, -0.2) is 4.39 Å². The zero-order valence-electron chi connectivity index (χ0n) is 9.54. The first-order valence-corrected chi connectivity index (χ1v) is 7.39. The molecule has 0 spiro atoms. The van der Waals surface area contributed by atoms with Crippen LogP contribution in [0.15, 0.2) is 46.9 Å². The van der Waals surface area contributed by atoms with E-state index in [9.17, 15) is 4.39 Å². The van der Waals surface area contributed by atoms with Crippen molar-refractivity contribution in [1.82, 2.24) is 0 Å². The fraction of sp³-hybridized carbons (Fsp3) is 0.143. The molecule has 0 saturated heterocycles. The molecule has 2 aromatic carbocycles. The van der Waals surface area contributed by atoms with Gasteiger partial charge < -0.3 is 5.73 Å². The summed E-state index contributed by atoms with van der Waals surface area (Å²) in [6.45, 7) is 0. The van der Waals surface area contributed by atoms with Gasteiger partial charge in [0.25, 0.3) is 0 Å². The minimum absolute atomic E-state index is 0.0736. The van der Waals surface area contributed by atoms with Crippen molar-refractivity contribution in [2.24, 2.45) is 5.73 Å². The number of halogens is 3. The Kier molecular flexibility index (Phi) is 4.75.